The highest BCUT2D eigenvalue weighted by atomic mass is 79.9. The molecule has 0 fully saturated rings. The summed E-state index contributed by atoms with van der Waals surface area (Å²) in [6.45, 7) is 1.18. The maximum absolute atomic E-state index is 12.2. The number of hydrogen-bond donors (Lipinski definition) is 2. The summed E-state index contributed by atoms with van der Waals surface area (Å²) in [7, 11) is 1.57. The molecule has 0 unspecified atom stereocenters. The average molecular weight is 404 g/mol. The summed E-state index contributed by atoms with van der Waals surface area (Å²) in [6, 6.07) is 13.4. The van der Waals surface area contributed by atoms with Crippen LogP contribution in [-0.4, -0.2) is 31.1 Å². The lowest BCUT2D eigenvalue weighted by atomic mass is 10.2. The molecule has 0 saturated carbocycles. The van der Waals surface area contributed by atoms with Crippen LogP contribution in [0.4, 0.5) is 6.01 Å². The molecule has 0 bridgehead atoms. The number of para-hydroxylation sites is 2. The van der Waals surface area contributed by atoms with Crippen molar-refractivity contribution in [1.82, 2.24) is 10.3 Å². The van der Waals surface area contributed by atoms with Crippen LogP contribution < -0.4 is 15.4 Å². The first-order valence-electron chi connectivity index (χ1n) is 7.88. The highest BCUT2D eigenvalue weighted by molar-refractivity contribution is 9.10. The van der Waals surface area contributed by atoms with Crippen molar-refractivity contribution in [3.8, 4) is 5.75 Å². The molecule has 2 aromatic carbocycles. The van der Waals surface area contributed by atoms with Crippen LogP contribution in [0.3, 0.4) is 0 Å². The summed E-state index contributed by atoms with van der Waals surface area (Å²) in [5.74, 6) is 0.499. The Morgan fingerprint density at radius 2 is 2.08 bits per heavy atom. The molecular weight excluding hydrogens is 386 g/mol. The molecule has 3 aromatic rings. The monoisotopic (exact) mass is 403 g/mol. The SMILES string of the molecule is COc1ccc(Br)c(C(=O)NCCCNc2nc3ccccc3o2)c1. The molecule has 1 aromatic heterocycles. The number of nitrogens with one attached hydrogen (secondary N) is 2. The van der Waals surface area contributed by atoms with Crippen molar-refractivity contribution < 1.29 is 13.9 Å². The van der Waals surface area contributed by atoms with E-state index >= 15 is 0 Å². The Hall–Kier alpha value is -2.54. The largest absolute Gasteiger partial charge is 0.497 e. The summed E-state index contributed by atoms with van der Waals surface area (Å²) >= 11 is 3.38. The van der Waals surface area contributed by atoms with Crippen molar-refractivity contribution in [2.24, 2.45) is 0 Å². The van der Waals surface area contributed by atoms with Gasteiger partial charge in [0.1, 0.15) is 11.3 Å². The lowest BCUT2D eigenvalue weighted by molar-refractivity contribution is 0.0952. The van der Waals surface area contributed by atoms with Crippen molar-refractivity contribution >= 4 is 39.0 Å². The van der Waals surface area contributed by atoms with E-state index in [1.165, 1.54) is 0 Å². The second-order valence-corrected chi connectivity index (χ2v) is 6.22. The van der Waals surface area contributed by atoms with E-state index in [1.807, 2.05) is 24.3 Å². The van der Waals surface area contributed by atoms with Gasteiger partial charge in [-0.2, -0.15) is 4.98 Å². The zero-order valence-electron chi connectivity index (χ0n) is 13.7. The molecule has 2 N–H and O–H groups in total. The summed E-state index contributed by atoms with van der Waals surface area (Å²) in [6.07, 6.45) is 0.742. The molecule has 25 heavy (non-hydrogen) atoms. The van der Waals surface area contributed by atoms with Crippen LogP contribution in [0.25, 0.3) is 11.1 Å². The van der Waals surface area contributed by atoms with E-state index in [0.29, 0.717) is 30.4 Å². The van der Waals surface area contributed by atoms with E-state index in [-0.39, 0.29) is 5.91 Å². The number of carbonyl (C=O) groups excluding carboxylic acids is 1. The number of hydrogen-bond acceptors (Lipinski definition) is 5. The number of oxazole rings is 1. The van der Waals surface area contributed by atoms with Crippen LogP contribution in [0.2, 0.25) is 0 Å². The molecule has 0 saturated heterocycles. The minimum atomic E-state index is -0.146. The number of fused-ring (bicyclic) bond motifs is 1. The number of carbonyl (C=O) groups is 1. The molecule has 0 aliphatic heterocycles. The van der Waals surface area contributed by atoms with Crippen LogP contribution >= 0.6 is 15.9 Å². The Morgan fingerprint density at radius 1 is 1.24 bits per heavy atom. The van der Waals surface area contributed by atoms with Gasteiger partial charge >= 0.3 is 0 Å². The molecule has 3 rings (SSSR count). The molecule has 0 atom stereocenters. The molecule has 1 heterocycles. The normalized spacial score (nSPS) is 10.6. The van der Waals surface area contributed by atoms with Crippen LogP contribution in [0, 0.1) is 0 Å². The predicted octanol–water partition coefficient (Wildman–Crippen LogP) is 3.83. The fourth-order valence-corrected chi connectivity index (χ4v) is 2.76. The fraction of sp³-hybridized carbons (Fsp3) is 0.222. The first-order valence-corrected chi connectivity index (χ1v) is 8.68. The Kier molecular flexibility index (Phi) is 5.55. The fourth-order valence-electron chi connectivity index (χ4n) is 2.33. The highest BCUT2D eigenvalue weighted by Gasteiger charge is 2.11. The van der Waals surface area contributed by atoms with Gasteiger partial charge in [-0.3, -0.25) is 4.79 Å². The summed E-state index contributed by atoms with van der Waals surface area (Å²) < 4.78 is 11.5. The molecule has 1 amide bonds. The number of methoxy groups -OCH3 is 1. The number of halogens is 1. The van der Waals surface area contributed by atoms with Crippen LogP contribution in [0.15, 0.2) is 51.4 Å². The van der Waals surface area contributed by atoms with Crippen molar-refractivity contribution in [3.63, 3.8) is 0 Å². The van der Waals surface area contributed by atoms with Gasteiger partial charge in [0.05, 0.1) is 12.7 Å². The van der Waals surface area contributed by atoms with Gasteiger partial charge in [0.15, 0.2) is 5.58 Å². The van der Waals surface area contributed by atoms with Crippen molar-refractivity contribution in [3.05, 3.63) is 52.5 Å². The van der Waals surface area contributed by atoms with Crippen LogP contribution in [0.5, 0.6) is 5.75 Å². The highest BCUT2D eigenvalue weighted by Crippen LogP contribution is 2.22. The number of amides is 1. The zero-order valence-corrected chi connectivity index (χ0v) is 15.3. The average Bonchev–Trinajstić information content (AvgIpc) is 3.04. The lowest BCUT2D eigenvalue weighted by Crippen LogP contribution is -2.26. The maximum Gasteiger partial charge on any atom is 0.295 e. The van der Waals surface area contributed by atoms with Crippen LogP contribution in [0.1, 0.15) is 16.8 Å². The number of ether oxygens (including phenoxy) is 1. The maximum atomic E-state index is 12.2. The summed E-state index contributed by atoms with van der Waals surface area (Å²) in [5, 5.41) is 6.01. The molecule has 130 valence electrons. The van der Waals surface area contributed by atoms with E-state index in [1.54, 1.807) is 25.3 Å². The third-order valence-electron chi connectivity index (χ3n) is 3.63. The van der Waals surface area contributed by atoms with Gasteiger partial charge in [-0.1, -0.05) is 12.1 Å². The Bertz CT molecular complexity index is 846. The predicted molar refractivity (Wildman–Crippen MR) is 100 cm³/mol. The Balaban J connectivity index is 1.46. The third-order valence-corrected chi connectivity index (χ3v) is 4.32. The Morgan fingerprint density at radius 3 is 2.88 bits per heavy atom. The molecular formula is C18H18BrN3O3. The second-order valence-electron chi connectivity index (χ2n) is 5.37. The van der Waals surface area contributed by atoms with E-state index in [2.05, 4.69) is 31.5 Å². The third kappa shape index (κ3) is 4.30. The number of aromatic nitrogens is 1. The van der Waals surface area contributed by atoms with Gasteiger partial charge in [0.2, 0.25) is 0 Å². The zero-order chi connectivity index (χ0) is 17.6. The smallest absolute Gasteiger partial charge is 0.295 e. The van der Waals surface area contributed by atoms with E-state index < -0.39 is 0 Å². The van der Waals surface area contributed by atoms with E-state index in [9.17, 15) is 4.79 Å². The molecule has 0 aliphatic carbocycles. The van der Waals surface area contributed by atoms with Gasteiger partial charge in [-0.15, -0.1) is 0 Å². The lowest BCUT2D eigenvalue weighted by Gasteiger charge is -2.08. The van der Waals surface area contributed by atoms with Crippen molar-refractivity contribution in [2.45, 2.75) is 6.42 Å². The van der Waals surface area contributed by atoms with Gasteiger partial charge in [0.25, 0.3) is 11.9 Å². The van der Waals surface area contributed by atoms with Crippen molar-refractivity contribution in [2.75, 3.05) is 25.5 Å². The summed E-state index contributed by atoms with van der Waals surface area (Å²) in [4.78, 5) is 16.6. The van der Waals surface area contributed by atoms with Crippen LogP contribution in [-0.2, 0) is 0 Å². The topological polar surface area (TPSA) is 76.4 Å². The molecule has 0 spiro atoms. The number of benzene rings is 2. The van der Waals surface area contributed by atoms with E-state index in [4.69, 9.17) is 9.15 Å². The second kappa shape index (κ2) is 8.02. The molecule has 0 radical (unpaired) electrons. The number of nitrogens with zero attached hydrogens (tertiary/aromatic N) is 1. The molecule has 0 aliphatic rings. The minimum absolute atomic E-state index is 0.146. The van der Waals surface area contributed by atoms with Crippen molar-refractivity contribution in [1.29, 1.82) is 0 Å². The molecule has 6 nitrogen and oxygen atoms in total. The number of rotatable bonds is 7. The quantitative estimate of drug-likeness (QED) is 0.586. The minimum Gasteiger partial charge on any atom is -0.497 e. The van der Waals surface area contributed by atoms with Gasteiger partial charge in [0, 0.05) is 17.6 Å². The summed E-state index contributed by atoms with van der Waals surface area (Å²) in [5.41, 5.74) is 2.12. The van der Waals surface area contributed by atoms with Gasteiger partial charge < -0.3 is 19.8 Å². The molecule has 7 heteroatoms. The standard InChI is InChI=1S/C18H18BrN3O3/c1-24-12-7-8-14(19)13(11-12)17(23)20-9-4-10-21-18-22-15-5-2-3-6-16(15)25-18/h2-3,5-8,11H,4,9-10H2,1H3,(H,20,23)(H,21,22). The first kappa shape index (κ1) is 17.3. The number of anilines is 1. The van der Waals surface area contributed by atoms with E-state index in [0.717, 1.165) is 22.0 Å². The van der Waals surface area contributed by atoms with Gasteiger partial charge in [-0.25, -0.2) is 0 Å². The van der Waals surface area contributed by atoms with Gasteiger partial charge in [-0.05, 0) is 52.7 Å². The Labute approximate surface area is 153 Å². The first-order chi connectivity index (χ1) is 12.2.